The summed E-state index contributed by atoms with van der Waals surface area (Å²) in [6.07, 6.45) is 3.60. The van der Waals surface area contributed by atoms with Crippen LogP contribution >= 0.6 is 0 Å². The molecule has 0 fully saturated rings. The van der Waals surface area contributed by atoms with Crippen LogP contribution in [0, 0.1) is 0 Å². The summed E-state index contributed by atoms with van der Waals surface area (Å²) in [6, 6.07) is 57.2. The molecule has 4 nitrogen and oxygen atoms in total. The number of aromatic nitrogens is 3. The van der Waals surface area contributed by atoms with Crippen molar-refractivity contribution in [3.05, 3.63) is 176 Å². The molecular weight excluding hydrogens is 623 g/mol. The van der Waals surface area contributed by atoms with Crippen LogP contribution in [0.1, 0.15) is 0 Å². The van der Waals surface area contributed by atoms with Gasteiger partial charge >= 0.3 is 0 Å². The normalized spacial score (nSPS) is 11.5. The summed E-state index contributed by atoms with van der Waals surface area (Å²) in [5.41, 5.74) is 11.8. The van der Waals surface area contributed by atoms with Crippen molar-refractivity contribution in [2.45, 2.75) is 0 Å². The van der Waals surface area contributed by atoms with E-state index < -0.39 is 0 Å². The third-order valence-electron chi connectivity index (χ3n) is 9.79. The van der Waals surface area contributed by atoms with Crippen molar-refractivity contribution in [2.75, 3.05) is 0 Å². The molecule has 0 saturated carbocycles. The van der Waals surface area contributed by atoms with E-state index in [0.29, 0.717) is 0 Å². The fourth-order valence-electron chi connectivity index (χ4n) is 7.36. The molecule has 0 bridgehead atoms. The third kappa shape index (κ3) is 4.96. The van der Waals surface area contributed by atoms with Gasteiger partial charge in [-0.05, 0) is 86.4 Å². The summed E-state index contributed by atoms with van der Waals surface area (Å²) in [5.74, 6) is 0. The summed E-state index contributed by atoms with van der Waals surface area (Å²) in [6.45, 7) is 0. The second-order valence-electron chi connectivity index (χ2n) is 12.8. The Bertz CT molecular complexity index is 2830. The second-order valence-corrected chi connectivity index (χ2v) is 12.8. The highest BCUT2D eigenvalue weighted by atomic mass is 16.3. The standard InChI is InChI=1S/C47H29N3O/c1-2-13-34-31(11-1)12-9-16-35(34)38-17-10-18-39-41-29-40(36-14-3-4-15-37(36)47(41)51-46(38)39)32-23-21-30(22-24-32)33-27-44(42-19-5-7-25-48-42)50-45(28-33)43-20-6-8-26-49-43/h1-29H. The maximum absolute atomic E-state index is 6.85. The van der Waals surface area contributed by atoms with E-state index >= 15 is 0 Å². The number of hydrogen-bond donors (Lipinski definition) is 0. The number of fused-ring (bicyclic) bond motifs is 6. The quantitative estimate of drug-likeness (QED) is 0.186. The van der Waals surface area contributed by atoms with Crippen LogP contribution in [-0.2, 0) is 0 Å². The van der Waals surface area contributed by atoms with Gasteiger partial charge in [0.25, 0.3) is 0 Å². The Labute approximate surface area is 294 Å². The van der Waals surface area contributed by atoms with E-state index in [4.69, 9.17) is 9.40 Å². The largest absolute Gasteiger partial charge is 0.455 e. The first kappa shape index (κ1) is 29.0. The molecule has 0 radical (unpaired) electrons. The van der Waals surface area contributed by atoms with Gasteiger partial charge in [-0.25, -0.2) is 4.98 Å². The molecule has 0 spiro atoms. The van der Waals surface area contributed by atoms with Crippen LogP contribution in [0.2, 0.25) is 0 Å². The van der Waals surface area contributed by atoms with Crippen molar-refractivity contribution in [3.63, 3.8) is 0 Å². The average molecular weight is 652 g/mol. The van der Waals surface area contributed by atoms with E-state index in [1.165, 1.54) is 21.9 Å². The summed E-state index contributed by atoms with van der Waals surface area (Å²) in [5, 5.41) is 6.91. The second kappa shape index (κ2) is 11.9. The average Bonchev–Trinajstić information content (AvgIpc) is 3.60. The minimum atomic E-state index is 0.809. The Hall–Kier alpha value is -6.91. The Morgan fingerprint density at radius 1 is 0.333 bits per heavy atom. The fourth-order valence-corrected chi connectivity index (χ4v) is 7.36. The molecule has 51 heavy (non-hydrogen) atoms. The van der Waals surface area contributed by atoms with Crippen LogP contribution in [-0.4, -0.2) is 15.0 Å². The fraction of sp³-hybridized carbons (Fsp3) is 0. The van der Waals surface area contributed by atoms with E-state index in [-0.39, 0.29) is 0 Å². The van der Waals surface area contributed by atoms with Gasteiger partial charge < -0.3 is 4.42 Å². The van der Waals surface area contributed by atoms with Gasteiger partial charge in [-0.3, -0.25) is 9.97 Å². The smallest absolute Gasteiger partial charge is 0.143 e. The number of furan rings is 1. The lowest BCUT2D eigenvalue weighted by Gasteiger charge is -2.11. The zero-order valence-electron chi connectivity index (χ0n) is 27.5. The molecular formula is C47H29N3O. The lowest BCUT2D eigenvalue weighted by Crippen LogP contribution is -1.94. The molecule has 0 N–H and O–H groups in total. The SMILES string of the molecule is c1ccc(-c2cc(-c3ccc(-c4cc5c6cccc(-c7cccc8ccccc78)c6oc5c5ccccc45)cc3)cc(-c3ccccn3)n2)nc1. The Morgan fingerprint density at radius 3 is 1.63 bits per heavy atom. The Kier molecular flexibility index (Phi) is 6.78. The van der Waals surface area contributed by atoms with Crippen LogP contribution in [0.5, 0.6) is 0 Å². The van der Waals surface area contributed by atoms with E-state index in [9.17, 15) is 0 Å². The Balaban J connectivity index is 1.12. The number of rotatable bonds is 5. The molecule has 4 heterocycles. The van der Waals surface area contributed by atoms with Gasteiger partial charge in [-0.2, -0.15) is 0 Å². The van der Waals surface area contributed by atoms with Crippen molar-refractivity contribution in [2.24, 2.45) is 0 Å². The van der Waals surface area contributed by atoms with Crippen molar-refractivity contribution >= 4 is 43.5 Å². The highest BCUT2D eigenvalue weighted by molar-refractivity contribution is 6.21. The molecule has 4 heteroatoms. The lowest BCUT2D eigenvalue weighted by molar-refractivity contribution is 0.674. The van der Waals surface area contributed by atoms with Crippen LogP contribution in [0.3, 0.4) is 0 Å². The predicted molar refractivity (Wildman–Crippen MR) is 209 cm³/mol. The number of pyridine rings is 3. The first-order valence-corrected chi connectivity index (χ1v) is 17.1. The van der Waals surface area contributed by atoms with Gasteiger partial charge in [0.15, 0.2) is 0 Å². The van der Waals surface area contributed by atoms with Gasteiger partial charge in [-0.1, -0.05) is 121 Å². The van der Waals surface area contributed by atoms with Crippen molar-refractivity contribution in [1.29, 1.82) is 0 Å². The van der Waals surface area contributed by atoms with Crippen molar-refractivity contribution < 1.29 is 4.42 Å². The van der Waals surface area contributed by atoms with Gasteiger partial charge in [0.1, 0.15) is 11.2 Å². The molecule has 0 atom stereocenters. The predicted octanol–water partition coefficient (Wildman–Crippen LogP) is 12.4. The molecule has 238 valence electrons. The molecule has 0 aliphatic rings. The van der Waals surface area contributed by atoms with Crippen LogP contribution in [0.4, 0.5) is 0 Å². The molecule has 10 aromatic rings. The summed E-state index contributed by atoms with van der Waals surface area (Å²) in [7, 11) is 0. The van der Waals surface area contributed by atoms with Gasteiger partial charge in [0.2, 0.25) is 0 Å². The maximum atomic E-state index is 6.85. The highest BCUT2D eigenvalue weighted by Gasteiger charge is 2.18. The molecule has 0 amide bonds. The monoisotopic (exact) mass is 651 g/mol. The van der Waals surface area contributed by atoms with Crippen LogP contribution < -0.4 is 0 Å². The zero-order chi connectivity index (χ0) is 33.7. The summed E-state index contributed by atoms with van der Waals surface area (Å²) < 4.78 is 6.85. The lowest BCUT2D eigenvalue weighted by atomic mass is 9.93. The molecule has 6 aromatic carbocycles. The number of nitrogens with zero attached hydrogens (tertiary/aromatic N) is 3. The molecule has 4 aromatic heterocycles. The molecule has 0 aliphatic heterocycles. The first-order valence-electron chi connectivity index (χ1n) is 17.1. The molecule has 0 aliphatic carbocycles. The topological polar surface area (TPSA) is 51.8 Å². The van der Waals surface area contributed by atoms with Gasteiger partial charge in [-0.15, -0.1) is 0 Å². The van der Waals surface area contributed by atoms with Crippen molar-refractivity contribution in [3.8, 4) is 56.2 Å². The minimum absolute atomic E-state index is 0.809. The maximum Gasteiger partial charge on any atom is 0.143 e. The van der Waals surface area contributed by atoms with Gasteiger partial charge in [0.05, 0.1) is 22.8 Å². The summed E-state index contributed by atoms with van der Waals surface area (Å²) >= 11 is 0. The van der Waals surface area contributed by atoms with Gasteiger partial charge in [0, 0.05) is 34.1 Å². The number of benzene rings is 6. The third-order valence-corrected chi connectivity index (χ3v) is 9.79. The number of para-hydroxylation sites is 1. The minimum Gasteiger partial charge on any atom is -0.455 e. The Morgan fingerprint density at radius 2 is 0.902 bits per heavy atom. The molecule has 10 rings (SSSR count). The highest BCUT2D eigenvalue weighted by Crippen LogP contribution is 2.43. The van der Waals surface area contributed by atoms with E-state index in [2.05, 4.69) is 137 Å². The van der Waals surface area contributed by atoms with Crippen LogP contribution in [0.25, 0.3) is 99.6 Å². The zero-order valence-corrected chi connectivity index (χ0v) is 27.5. The number of hydrogen-bond acceptors (Lipinski definition) is 4. The van der Waals surface area contributed by atoms with Crippen LogP contribution in [0.15, 0.2) is 181 Å². The molecule has 0 unspecified atom stereocenters. The van der Waals surface area contributed by atoms with E-state index in [0.717, 1.165) is 77.7 Å². The summed E-state index contributed by atoms with van der Waals surface area (Å²) in [4.78, 5) is 14.1. The van der Waals surface area contributed by atoms with E-state index in [1.54, 1.807) is 12.4 Å². The first-order chi connectivity index (χ1) is 25.3. The van der Waals surface area contributed by atoms with Crippen molar-refractivity contribution in [1.82, 2.24) is 15.0 Å². The molecule has 0 saturated heterocycles. The van der Waals surface area contributed by atoms with E-state index in [1.807, 2.05) is 36.4 Å².